The standard InChI is InChI=1S/C17H35N3O/c1-14(2)10-13-20(15-8-5-6-9-15)12-7-11-17(3,4)16(18)19-21/h14-15,21H,5-13H2,1-4H3,(H2,18,19). The lowest BCUT2D eigenvalue weighted by molar-refractivity contribution is 0.179. The minimum absolute atomic E-state index is 0.214. The van der Waals surface area contributed by atoms with E-state index in [2.05, 4.69) is 37.8 Å². The van der Waals surface area contributed by atoms with Crippen LogP contribution in [-0.2, 0) is 0 Å². The lowest BCUT2D eigenvalue weighted by Gasteiger charge is -2.31. The molecule has 0 aliphatic heterocycles. The van der Waals surface area contributed by atoms with E-state index in [4.69, 9.17) is 10.9 Å². The fourth-order valence-electron chi connectivity index (χ4n) is 3.16. The molecule has 0 aromatic carbocycles. The van der Waals surface area contributed by atoms with Crippen molar-refractivity contribution in [3.05, 3.63) is 0 Å². The zero-order chi connectivity index (χ0) is 15.9. The Bertz CT molecular complexity index is 320. The third-order valence-corrected chi connectivity index (χ3v) is 4.88. The van der Waals surface area contributed by atoms with Crippen LogP contribution in [0, 0.1) is 11.3 Å². The summed E-state index contributed by atoms with van der Waals surface area (Å²) < 4.78 is 0. The predicted molar refractivity (Wildman–Crippen MR) is 89.7 cm³/mol. The molecular weight excluding hydrogens is 262 g/mol. The second kappa shape index (κ2) is 8.62. The van der Waals surface area contributed by atoms with E-state index >= 15 is 0 Å². The van der Waals surface area contributed by atoms with Gasteiger partial charge in [-0.15, -0.1) is 0 Å². The molecule has 0 radical (unpaired) electrons. The average Bonchev–Trinajstić information content (AvgIpc) is 2.95. The van der Waals surface area contributed by atoms with E-state index in [1.807, 2.05) is 0 Å². The number of rotatable bonds is 9. The van der Waals surface area contributed by atoms with Gasteiger partial charge in [0.15, 0.2) is 0 Å². The van der Waals surface area contributed by atoms with Crippen LogP contribution >= 0.6 is 0 Å². The van der Waals surface area contributed by atoms with Crippen LogP contribution in [-0.4, -0.2) is 35.1 Å². The molecule has 124 valence electrons. The SMILES string of the molecule is CC(C)CCN(CCCC(C)(C)C(N)=NO)C1CCCC1. The molecule has 0 heterocycles. The first-order valence-corrected chi connectivity index (χ1v) is 8.59. The van der Waals surface area contributed by atoms with E-state index in [1.54, 1.807) is 0 Å². The fraction of sp³-hybridized carbons (Fsp3) is 0.941. The van der Waals surface area contributed by atoms with E-state index < -0.39 is 0 Å². The van der Waals surface area contributed by atoms with Gasteiger partial charge < -0.3 is 15.8 Å². The van der Waals surface area contributed by atoms with Crippen molar-refractivity contribution in [2.24, 2.45) is 22.2 Å². The van der Waals surface area contributed by atoms with Gasteiger partial charge in [0, 0.05) is 11.5 Å². The number of hydrogen-bond donors (Lipinski definition) is 2. The van der Waals surface area contributed by atoms with E-state index in [0.717, 1.165) is 31.3 Å². The lowest BCUT2D eigenvalue weighted by atomic mass is 9.86. The van der Waals surface area contributed by atoms with Crippen molar-refractivity contribution in [2.45, 2.75) is 78.7 Å². The third kappa shape index (κ3) is 6.25. The fourth-order valence-corrected chi connectivity index (χ4v) is 3.16. The first kappa shape index (κ1) is 18.3. The summed E-state index contributed by atoms with van der Waals surface area (Å²) in [5, 5.41) is 12.0. The number of oxime groups is 1. The van der Waals surface area contributed by atoms with Gasteiger partial charge >= 0.3 is 0 Å². The van der Waals surface area contributed by atoms with Crippen LogP contribution in [0.3, 0.4) is 0 Å². The van der Waals surface area contributed by atoms with Crippen molar-refractivity contribution in [3.63, 3.8) is 0 Å². The molecule has 1 rings (SSSR count). The van der Waals surface area contributed by atoms with E-state index in [9.17, 15) is 0 Å². The summed E-state index contributed by atoms with van der Waals surface area (Å²) in [6.07, 6.45) is 8.85. The second-order valence-corrected chi connectivity index (χ2v) is 7.63. The molecule has 0 atom stereocenters. The van der Waals surface area contributed by atoms with Crippen LogP contribution < -0.4 is 5.73 Å². The molecular formula is C17H35N3O. The van der Waals surface area contributed by atoms with Gasteiger partial charge in [0.1, 0.15) is 5.84 Å². The van der Waals surface area contributed by atoms with Crippen LogP contribution in [0.25, 0.3) is 0 Å². The normalized spacial score (nSPS) is 18.1. The smallest absolute Gasteiger partial charge is 0.144 e. The second-order valence-electron chi connectivity index (χ2n) is 7.63. The van der Waals surface area contributed by atoms with Crippen molar-refractivity contribution >= 4 is 5.84 Å². The average molecular weight is 297 g/mol. The highest BCUT2D eigenvalue weighted by Gasteiger charge is 2.26. The van der Waals surface area contributed by atoms with Gasteiger partial charge in [0.05, 0.1) is 0 Å². The Morgan fingerprint density at radius 2 is 1.90 bits per heavy atom. The zero-order valence-electron chi connectivity index (χ0n) is 14.4. The van der Waals surface area contributed by atoms with Crippen LogP contribution in [0.15, 0.2) is 5.16 Å². The third-order valence-electron chi connectivity index (χ3n) is 4.88. The molecule has 0 aromatic rings. The molecule has 1 aliphatic carbocycles. The maximum atomic E-state index is 8.85. The Kier molecular flexibility index (Phi) is 7.50. The number of nitrogens with two attached hydrogens (primary N) is 1. The summed E-state index contributed by atoms with van der Waals surface area (Å²) in [5.74, 6) is 1.11. The van der Waals surface area contributed by atoms with Crippen molar-refractivity contribution < 1.29 is 5.21 Å². The van der Waals surface area contributed by atoms with Crippen LogP contribution in [0.4, 0.5) is 0 Å². The number of hydrogen-bond acceptors (Lipinski definition) is 3. The van der Waals surface area contributed by atoms with Crippen molar-refractivity contribution in [1.29, 1.82) is 0 Å². The van der Waals surface area contributed by atoms with Crippen LogP contribution in [0.5, 0.6) is 0 Å². The molecule has 0 saturated heterocycles. The van der Waals surface area contributed by atoms with Gasteiger partial charge in [-0.1, -0.05) is 45.7 Å². The molecule has 3 N–H and O–H groups in total. The van der Waals surface area contributed by atoms with E-state index in [1.165, 1.54) is 38.6 Å². The molecule has 4 nitrogen and oxygen atoms in total. The Hall–Kier alpha value is -0.770. The van der Waals surface area contributed by atoms with E-state index in [-0.39, 0.29) is 5.41 Å². The Morgan fingerprint density at radius 1 is 1.29 bits per heavy atom. The molecule has 1 fully saturated rings. The summed E-state index contributed by atoms with van der Waals surface area (Å²) in [6.45, 7) is 11.1. The minimum atomic E-state index is -0.214. The molecule has 0 aromatic heterocycles. The first-order chi connectivity index (χ1) is 9.86. The predicted octanol–water partition coefficient (Wildman–Crippen LogP) is 3.83. The first-order valence-electron chi connectivity index (χ1n) is 8.59. The zero-order valence-corrected chi connectivity index (χ0v) is 14.4. The summed E-state index contributed by atoms with van der Waals surface area (Å²) in [6, 6.07) is 0.788. The maximum Gasteiger partial charge on any atom is 0.144 e. The Labute approximate surface area is 130 Å². The molecule has 0 spiro atoms. The molecule has 4 heteroatoms. The van der Waals surface area contributed by atoms with Gasteiger partial charge in [-0.05, 0) is 51.1 Å². The molecule has 1 saturated carbocycles. The molecule has 1 aliphatic rings. The summed E-state index contributed by atoms with van der Waals surface area (Å²) in [7, 11) is 0. The molecule has 21 heavy (non-hydrogen) atoms. The van der Waals surface area contributed by atoms with E-state index in [0.29, 0.717) is 5.84 Å². The topological polar surface area (TPSA) is 61.8 Å². The van der Waals surface area contributed by atoms with Crippen LogP contribution in [0.2, 0.25) is 0 Å². The highest BCUT2D eigenvalue weighted by Crippen LogP contribution is 2.27. The van der Waals surface area contributed by atoms with Crippen molar-refractivity contribution in [1.82, 2.24) is 4.90 Å². The maximum absolute atomic E-state index is 8.85. The van der Waals surface area contributed by atoms with Crippen molar-refractivity contribution in [3.8, 4) is 0 Å². The summed E-state index contributed by atoms with van der Waals surface area (Å²) >= 11 is 0. The molecule has 0 bridgehead atoms. The number of amidine groups is 1. The van der Waals surface area contributed by atoms with Crippen molar-refractivity contribution in [2.75, 3.05) is 13.1 Å². The van der Waals surface area contributed by atoms with Gasteiger partial charge in [-0.3, -0.25) is 0 Å². The highest BCUT2D eigenvalue weighted by atomic mass is 16.4. The number of nitrogens with zero attached hydrogens (tertiary/aromatic N) is 2. The van der Waals surface area contributed by atoms with Gasteiger partial charge in [0.25, 0.3) is 0 Å². The van der Waals surface area contributed by atoms with Gasteiger partial charge in [-0.2, -0.15) is 0 Å². The quantitative estimate of drug-likeness (QED) is 0.294. The highest BCUT2D eigenvalue weighted by molar-refractivity contribution is 5.85. The van der Waals surface area contributed by atoms with Gasteiger partial charge in [-0.25, -0.2) is 0 Å². The molecule has 0 unspecified atom stereocenters. The monoisotopic (exact) mass is 297 g/mol. The minimum Gasteiger partial charge on any atom is -0.409 e. The summed E-state index contributed by atoms with van der Waals surface area (Å²) in [5.41, 5.74) is 5.56. The Balaban J connectivity index is 2.45. The van der Waals surface area contributed by atoms with Gasteiger partial charge in [0.2, 0.25) is 0 Å². The Morgan fingerprint density at radius 3 is 2.43 bits per heavy atom. The van der Waals surface area contributed by atoms with Crippen LogP contribution in [0.1, 0.15) is 72.6 Å². The largest absolute Gasteiger partial charge is 0.409 e. The molecule has 0 amide bonds. The summed E-state index contributed by atoms with van der Waals surface area (Å²) in [4.78, 5) is 2.69. The lowest BCUT2D eigenvalue weighted by Crippen LogP contribution is -2.37.